The zero-order chi connectivity index (χ0) is 19.1. The van der Waals surface area contributed by atoms with E-state index in [-0.39, 0.29) is 18.7 Å². The summed E-state index contributed by atoms with van der Waals surface area (Å²) in [4.78, 5) is 8.81. The molecule has 144 valence electrons. The van der Waals surface area contributed by atoms with E-state index in [1.54, 1.807) is 0 Å². The van der Waals surface area contributed by atoms with Crippen molar-refractivity contribution in [3.05, 3.63) is 72.1 Å². The van der Waals surface area contributed by atoms with E-state index in [1.165, 1.54) is 21.9 Å². The molecule has 0 amide bonds. The molecule has 0 bridgehead atoms. The third-order valence-corrected chi connectivity index (χ3v) is 6.12. The normalized spacial score (nSPS) is 20.7. The number of rotatable bonds is 5. The molecule has 5 heteroatoms. The molecular formula is C23H26N4O. The first kappa shape index (κ1) is 17.5. The second-order valence-electron chi connectivity index (χ2n) is 7.96. The molecule has 1 aliphatic rings. The Bertz CT molecular complexity index is 1020. The van der Waals surface area contributed by atoms with Crippen LogP contribution in [0, 0.1) is 0 Å². The molecule has 5 nitrogen and oxygen atoms in total. The number of aliphatic hydroxyl groups excluding tert-OH is 1. The molecule has 0 spiro atoms. The summed E-state index contributed by atoms with van der Waals surface area (Å²) in [5, 5.41) is 16.0. The molecular weight excluding hydrogens is 348 g/mol. The van der Waals surface area contributed by atoms with Crippen LogP contribution < -0.4 is 5.32 Å². The zero-order valence-electron chi connectivity index (χ0n) is 16.0. The first-order valence-corrected chi connectivity index (χ1v) is 9.92. The van der Waals surface area contributed by atoms with Crippen LogP contribution in [0.3, 0.4) is 0 Å². The Kier molecular flexibility index (Phi) is 4.43. The molecule has 0 saturated carbocycles. The minimum Gasteiger partial charge on any atom is -0.395 e. The summed E-state index contributed by atoms with van der Waals surface area (Å²) in [5.41, 5.74) is 4.84. The highest BCUT2D eigenvalue weighted by molar-refractivity contribution is 5.81. The summed E-state index contributed by atoms with van der Waals surface area (Å²) in [7, 11) is 2.09. The lowest BCUT2D eigenvalue weighted by molar-refractivity contribution is 0.182. The van der Waals surface area contributed by atoms with Crippen molar-refractivity contribution in [2.24, 2.45) is 0 Å². The second-order valence-corrected chi connectivity index (χ2v) is 7.96. The second kappa shape index (κ2) is 7.09. The summed E-state index contributed by atoms with van der Waals surface area (Å²) in [6, 6.07) is 18.2. The van der Waals surface area contributed by atoms with E-state index in [2.05, 4.69) is 75.8 Å². The Morgan fingerprint density at radius 3 is 2.14 bits per heavy atom. The van der Waals surface area contributed by atoms with Gasteiger partial charge >= 0.3 is 0 Å². The average Bonchev–Trinajstić information content (AvgIpc) is 3.44. The number of nitrogens with one attached hydrogen (secondary N) is 3. The molecule has 4 N–H and O–H groups in total. The number of aromatic amines is 2. The van der Waals surface area contributed by atoms with E-state index in [9.17, 15) is 5.11 Å². The number of aromatic nitrogens is 2. The maximum absolute atomic E-state index is 9.64. The Morgan fingerprint density at radius 1 is 1.00 bits per heavy atom. The van der Waals surface area contributed by atoms with Gasteiger partial charge in [0.25, 0.3) is 0 Å². The Labute approximate surface area is 164 Å². The molecule has 1 aliphatic heterocycles. The molecule has 0 unspecified atom stereocenters. The quantitative estimate of drug-likeness (QED) is 0.433. The average molecular weight is 374 g/mol. The van der Waals surface area contributed by atoms with Gasteiger partial charge in [-0.05, 0) is 71.8 Å². The van der Waals surface area contributed by atoms with E-state index in [1.807, 2.05) is 12.4 Å². The maximum atomic E-state index is 9.64. The predicted molar refractivity (Wildman–Crippen MR) is 113 cm³/mol. The van der Waals surface area contributed by atoms with Crippen LogP contribution in [-0.4, -0.2) is 52.3 Å². The van der Waals surface area contributed by atoms with Gasteiger partial charge < -0.3 is 20.4 Å². The standard InChI is InChI=1S/C23H26N4O/c1-27-13-19(12-20(27)14-28)26-23(17-2-4-21-15(10-17)6-8-24-21)18-3-5-22-16(11-18)7-9-25-22/h2-11,19-20,23-26,28H,12-14H2,1H3/t19-,20+/m0/s1. The van der Waals surface area contributed by atoms with E-state index < -0.39 is 0 Å². The monoisotopic (exact) mass is 374 g/mol. The number of likely N-dealkylation sites (N-methyl/N-ethyl adjacent to an activating group) is 1. The van der Waals surface area contributed by atoms with Crippen molar-refractivity contribution in [3.63, 3.8) is 0 Å². The lowest BCUT2D eigenvalue weighted by Gasteiger charge is -2.24. The minimum atomic E-state index is 0.106. The highest BCUT2D eigenvalue weighted by Crippen LogP contribution is 2.29. The van der Waals surface area contributed by atoms with Gasteiger partial charge in [0.15, 0.2) is 0 Å². The first-order chi connectivity index (χ1) is 13.7. The summed E-state index contributed by atoms with van der Waals surface area (Å²) in [5.74, 6) is 0. The highest BCUT2D eigenvalue weighted by atomic mass is 16.3. The maximum Gasteiger partial charge on any atom is 0.0587 e. The number of hydrogen-bond acceptors (Lipinski definition) is 3. The fourth-order valence-corrected chi connectivity index (χ4v) is 4.54. The minimum absolute atomic E-state index is 0.106. The van der Waals surface area contributed by atoms with Crippen molar-refractivity contribution in [2.75, 3.05) is 20.2 Å². The van der Waals surface area contributed by atoms with Gasteiger partial charge in [0.2, 0.25) is 0 Å². The smallest absolute Gasteiger partial charge is 0.0587 e. The van der Waals surface area contributed by atoms with Crippen LogP contribution in [0.15, 0.2) is 60.9 Å². The summed E-state index contributed by atoms with van der Waals surface area (Å²) in [6.45, 7) is 1.16. The highest BCUT2D eigenvalue weighted by Gasteiger charge is 2.31. The van der Waals surface area contributed by atoms with Crippen LogP contribution in [0.1, 0.15) is 23.6 Å². The molecule has 2 aromatic carbocycles. The number of benzene rings is 2. The van der Waals surface area contributed by atoms with Gasteiger partial charge in [-0.1, -0.05) is 12.1 Å². The summed E-state index contributed by atoms with van der Waals surface area (Å²) in [6.07, 6.45) is 4.93. The van der Waals surface area contributed by atoms with Gasteiger partial charge in [0.05, 0.1) is 12.6 Å². The van der Waals surface area contributed by atoms with Crippen LogP contribution in [0.25, 0.3) is 21.8 Å². The van der Waals surface area contributed by atoms with Crippen LogP contribution in [0.2, 0.25) is 0 Å². The molecule has 4 aromatic rings. The number of aliphatic hydroxyl groups is 1. The van der Waals surface area contributed by atoms with Crippen LogP contribution in [-0.2, 0) is 0 Å². The topological polar surface area (TPSA) is 67.1 Å². The van der Waals surface area contributed by atoms with Gasteiger partial charge in [-0.3, -0.25) is 4.90 Å². The zero-order valence-corrected chi connectivity index (χ0v) is 16.0. The lowest BCUT2D eigenvalue weighted by atomic mass is 9.95. The van der Waals surface area contributed by atoms with Crippen molar-refractivity contribution in [3.8, 4) is 0 Å². The van der Waals surface area contributed by atoms with Gasteiger partial charge in [-0.25, -0.2) is 0 Å². The molecule has 0 aliphatic carbocycles. The number of nitrogens with zero attached hydrogens (tertiary/aromatic N) is 1. The van der Waals surface area contributed by atoms with Crippen molar-refractivity contribution >= 4 is 21.8 Å². The predicted octanol–water partition coefficient (Wildman–Crippen LogP) is 3.39. The third kappa shape index (κ3) is 3.11. The van der Waals surface area contributed by atoms with E-state index in [4.69, 9.17) is 0 Å². The van der Waals surface area contributed by atoms with Crippen molar-refractivity contribution in [1.29, 1.82) is 0 Å². The molecule has 1 fully saturated rings. The Balaban J connectivity index is 1.53. The summed E-state index contributed by atoms with van der Waals surface area (Å²) < 4.78 is 0. The Morgan fingerprint density at radius 2 is 1.61 bits per heavy atom. The van der Waals surface area contributed by atoms with Crippen molar-refractivity contribution in [2.45, 2.75) is 24.5 Å². The van der Waals surface area contributed by atoms with Gasteiger partial charge in [0.1, 0.15) is 0 Å². The SMILES string of the molecule is CN1C[C@@H](NC(c2ccc3[nH]ccc3c2)c2ccc3[nH]ccc3c2)C[C@@H]1CO. The molecule has 3 heterocycles. The van der Waals surface area contributed by atoms with Crippen LogP contribution in [0.5, 0.6) is 0 Å². The van der Waals surface area contributed by atoms with Gasteiger partial charge in [-0.2, -0.15) is 0 Å². The fourth-order valence-electron chi connectivity index (χ4n) is 4.54. The number of fused-ring (bicyclic) bond motifs is 2. The fraction of sp³-hybridized carbons (Fsp3) is 0.304. The van der Waals surface area contributed by atoms with Gasteiger partial charge in [0, 0.05) is 42.1 Å². The molecule has 2 atom stereocenters. The molecule has 2 aromatic heterocycles. The third-order valence-electron chi connectivity index (χ3n) is 6.12. The largest absolute Gasteiger partial charge is 0.395 e. The van der Waals surface area contributed by atoms with Crippen molar-refractivity contribution < 1.29 is 5.11 Å². The number of H-pyrrole nitrogens is 2. The number of hydrogen-bond donors (Lipinski definition) is 4. The molecule has 28 heavy (non-hydrogen) atoms. The van der Waals surface area contributed by atoms with E-state index in [0.717, 1.165) is 24.0 Å². The summed E-state index contributed by atoms with van der Waals surface area (Å²) >= 11 is 0. The molecule has 1 saturated heterocycles. The Hall–Kier alpha value is -2.60. The molecule has 0 radical (unpaired) electrons. The van der Waals surface area contributed by atoms with E-state index >= 15 is 0 Å². The lowest BCUT2D eigenvalue weighted by Crippen LogP contribution is -2.35. The molecule has 5 rings (SSSR count). The number of likely N-dealkylation sites (tertiary alicyclic amines) is 1. The van der Waals surface area contributed by atoms with Gasteiger partial charge in [-0.15, -0.1) is 0 Å². The van der Waals surface area contributed by atoms with Crippen LogP contribution in [0.4, 0.5) is 0 Å². The van der Waals surface area contributed by atoms with Crippen LogP contribution >= 0.6 is 0 Å². The first-order valence-electron chi connectivity index (χ1n) is 9.92. The van der Waals surface area contributed by atoms with Crippen molar-refractivity contribution in [1.82, 2.24) is 20.2 Å². The van der Waals surface area contributed by atoms with E-state index in [0.29, 0.717) is 6.04 Å².